The summed E-state index contributed by atoms with van der Waals surface area (Å²) in [5, 5.41) is 20.9. The molecule has 1 aromatic heterocycles. The third-order valence-electron chi connectivity index (χ3n) is 2.17. The Labute approximate surface area is 121 Å². The Morgan fingerprint density at radius 1 is 1.20 bits per heavy atom. The third kappa shape index (κ3) is 3.48. The van der Waals surface area contributed by atoms with Gasteiger partial charge in [0.1, 0.15) is 0 Å². The fourth-order valence-electron chi connectivity index (χ4n) is 1.31. The molecule has 0 bridgehead atoms. The van der Waals surface area contributed by atoms with E-state index in [1.165, 1.54) is 30.6 Å². The van der Waals surface area contributed by atoms with Crippen molar-refractivity contribution in [1.29, 1.82) is 0 Å². The van der Waals surface area contributed by atoms with Crippen molar-refractivity contribution in [1.82, 2.24) is 15.2 Å². The van der Waals surface area contributed by atoms with Gasteiger partial charge >= 0.3 is 12.0 Å². The maximum absolute atomic E-state index is 11.7. The van der Waals surface area contributed by atoms with E-state index in [0.717, 1.165) is 0 Å². The van der Waals surface area contributed by atoms with Gasteiger partial charge in [-0.1, -0.05) is 0 Å². The molecule has 3 N–H and O–H groups in total. The lowest BCUT2D eigenvalue weighted by atomic mass is 10.2. The Hall–Kier alpha value is -2.55. The average Bonchev–Trinajstić information content (AvgIpc) is 2.42. The number of benzene rings is 1. The second-order valence-corrected chi connectivity index (χ2v) is 4.40. The van der Waals surface area contributed by atoms with Gasteiger partial charge < -0.3 is 10.4 Å². The van der Waals surface area contributed by atoms with Gasteiger partial charge in [0.05, 0.1) is 23.6 Å². The summed E-state index contributed by atoms with van der Waals surface area (Å²) >= 11 is 3.18. The van der Waals surface area contributed by atoms with Crippen molar-refractivity contribution in [2.75, 3.05) is 10.6 Å². The third-order valence-corrected chi connectivity index (χ3v) is 2.83. The number of hydrogen-bond donors (Lipinski definition) is 3. The minimum atomic E-state index is -1.05. The molecule has 0 spiro atoms. The molecular weight excluding hydrogens is 330 g/mol. The van der Waals surface area contributed by atoms with Crippen LogP contribution in [0.2, 0.25) is 0 Å². The summed E-state index contributed by atoms with van der Waals surface area (Å²) in [6.07, 6.45) is 2.77. The van der Waals surface area contributed by atoms with Gasteiger partial charge in [0, 0.05) is 4.47 Å². The molecule has 102 valence electrons. The number of nitrogens with zero attached hydrogens (tertiary/aromatic N) is 3. The molecule has 0 aliphatic rings. The smallest absolute Gasteiger partial charge is 0.335 e. The summed E-state index contributed by atoms with van der Waals surface area (Å²) in [5.74, 6) is -0.992. The zero-order valence-electron chi connectivity index (χ0n) is 9.87. The summed E-state index contributed by atoms with van der Waals surface area (Å²) in [6.45, 7) is 0. The molecule has 0 aliphatic carbocycles. The number of halogens is 1. The lowest BCUT2D eigenvalue weighted by Crippen LogP contribution is -2.21. The highest BCUT2D eigenvalue weighted by Crippen LogP contribution is 2.23. The van der Waals surface area contributed by atoms with Crippen LogP contribution in [0.3, 0.4) is 0 Å². The summed E-state index contributed by atoms with van der Waals surface area (Å²) in [7, 11) is 0. The van der Waals surface area contributed by atoms with Gasteiger partial charge in [0.15, 0.2) is 0 Å². The summed E-state index contributed by atoms with van der Waals surface area (Å²) < 4.78 is 0.444. The van der Waals surface area contributed by atoms with E-state index in [0.29, 0.717) is 10.2 Å². The van der Waals surface area contributed by atoms with Gasteiger partial charge in [-0.05, 0) is 34.1 Å². The largest absolute Gasteiger partial charge is 0.478 e. The van der Waals surface area contributed by atoms with Gasteiger partial charge in [0.25, 0.3) is 5.95 Å². The number of carboxylic acids is 1. The summed E-state index contributed by atoms with van der Waals surface area (Å²) in [5.41, 5.74) is 0.523. The molecule has 0 unspecified atom stereocenters. The predicted molar refractivity (Wildman–Crippen MR) is 73.6 cm³/mol. The number of hydrogen-bond acceptors (Lipinski definition) is 5. The van der Waals surface area contributed by atoms with Crippen LogP contribution in [0.4, 0.5) is 16.4 Å². The van der Waals surface area contributed by atoms with Crippen LogP contribution in [0.15, 0.2) is 35.1 Å². The fraction of sp³-hybridized carbons (Fsp3) is 0. The van der Waals surface area contributed by atoms with Crippen molar-refractivity contribution in [2.45, 2.75) is 0 Å². The Bertz CT molecular complexity index is 650. The van der Waals surface area contributed by atoms with E-state index in [2.05, 4.69) is 41.7 Å². The van der Waals surface area contributed by atoms with Crippen LogP contribution < -0.4 is 10.6 Å². The average molecular weight is 338 g/mol. The minimum Gasteiger partial charge on any atom is -0.478 e. The van der Waals surface area contributed by atoms with Crippen molar-refractivity contribution in [3.63, 3.8) is 0 Å². The number of carboxylic acid groups (broad SMARTS) is 1. The highest BCUT2D eigenvalue weighted by atomic mass is 79.9. The van der Waals surface area contributed by atoms with E-state index in [1.807, 2.05) is 0 Å². The molecule has 2 aromatic rings. The molecule has 0 atom stereocenters. The van der Waals surface area contributed by atoms with Crippen molar-refractivity contribution in [3.05, 3.63) is 40.6 Å². The first-order valence-electron chi connectivity index (χ1n) is 5.31. The first kappa shape index (κ1) is 13.9. The Kier molecular flexibility index (Phi) is 4.20. The number of carbonyl (C=O) groups excluding carboxylic acids is 1. The lowest BCUT2D eigenvalue weighted by molar-refractivity contribution is 0.0697. The van der Waals surface area contributed by atoms with Crippen LogP contribution in [0, 0.1) is 0 Å². The van der Waals surface area contributed by atoms with E-state index in [-0.39, 0.29) is 11.5 Å². The first-order valence-corrected chi connectivity index (χ1v) is 6.10. The second kappa shape index (κ2) is 6.06. The van der Waals surface area contributed by atoms with E-state index in [9.17, 15) is 9.59 Å². The number of carbonyl (C=O) groups is 2. The molecule has 0 saturated carbocycles. The monoisotopic (exact) mass is 337 g/mol. The van der Waals surface area contributed by atoms with Gasteiger partial charge in [0.2, 0.25) is 0 Å². The van der Waals surface area contributed by atoms with Crippen LogP contribution in [0.5, 0.6) is 0 Å². The molecule has 2 amide bonds. The zero-order chi connectivity index (χ0) is 14.5. The maximum Gasteiger partial charge on any atom is 0.335 e. The number of urea groups is 1. The number of anilines is 2. The summed E-state index contributed by atoms with van der Waals surface area (Å²) in [6, 6.07) is 3.67. The van der Waals surface area contributed by atoms with E-state index in [1.54, 1.807) is 0 Å². The molecule has 1 aromatic carbocycles. The lowest BCUT2D eigenvalue weighted by Gasteiger charge is -2.08. The Morgan fingerprint density at radius 3 is 2.60 bits per heavy atom. The second-order valence-electron chi connectivity index (χ2n) is 3.55. The van der Waals surface area contributed by atoms with Crippen LogP contribution in [-0.4, -0.2) is 32.3 Å². The number of rotatable bonds is 3. The highest BCUT2D eigenvalue weighted by molar-refractivity contribution is 9.10. The quantitative estimate of drug-likeness (QED) is 0.788. The van der Waals surface area contributed by atoms with E-state index in [4.69, 9.17) is 5.11 Å². The minimum absolute atomic E-state index is 0.0586. The van der Waals surface area contributed by atoms with Crippen LogP contribution in [-0.2, 0) is 0 Å². The van der Waals surface area contributed by atoms with Crippen LogP contribution in [0.1, 0.15) is 10.4 Å². The van der Waals surface area contributed by atoms with Gasteiger partial charge in [-0.15, -0.1) is 5.10 Å². The normalized spacial score (nSPS) is 9.85. The Balaban J connectivity index is 2.06. The molecule has 0 radical (unpaired) electrons. The van der Waals surface area contributed by atoms with E-state index >= 15 is 0 Å². The molecular formula is C11H8BrN5O3. The van der Waals surface area contributed by atoms with Gasteiger partial charge in [-0.25, -0.2) is 14.6 Å². The number of amides is 2. The van der Waals surface area contributed by atoms with Crippen molar-refractivity contribution in [2.24, 2.45) is 0 Å². The molecule has 8 nitrogen and oxygen atoms in total. The molecule has 9 heteroatoms. The van der Waals surface area contributed by atoms with Crippen LogP contribution in [0.25, 0.3) is 0 Å². The SMILES string of the molecule is O=C(Nc1nccnn1)Nc1ccc(C(=O)O)cc1Br. The van der Waals surface area contributed by atoms with E-state index < -0.39 is 12.0 Å². The number of aromatic carboxylic acids is 1. The Morgan fingerprint density at radius 2 is 2.00 bits per heavy atom. The first-order chi connectivity index (χ1) is 9.56. The van der Waals surface area contributed by atoms with Crippen molar-refractivity contribution in [3.8, 4) is 0 Å². The van der Waals surface area contributed by atoms with Gasteiger partial charge in [-0.3, -0.25) is 5.32 Å². The molecule has 0 aliphatic heterocycles. The number of aromatic nitrogens is 3. The molecule has 0 fully saturated rings. The van der Waals surface area contributed by atoms with Crippen LogP contribution >= 0.6 is 15.9 Å². The zero-order valence-corrected chi connectivity index (χ0v) is 11.5. The molecule has 1 heterocycles. The fourth-order valence-corrected chi connectivity index (χ4v) is 1.79. The predicted octanol–water partition coefficient (Wildman–Crippen LogP) is 1.98. The van der Waals surface area contributed by atoms with Gasteiger partial charge in [-0.2, -0.15) is 5.10 Å². The topological polar surface area (TPSA) is 117 Å². The number of nitrogens with one attached hydrogen (secondary N) is 2. The maximum atomic E-state index is 11.7. The molecule has 0 saturated heterocycles. The van der Waals surface area contributed by atoms with Crippen molar-refractivity contribution >= 4 is 39.6 Å². The molecule has 2 rings (SSSR count). The molecule has 20 heavy (non-hydrogen) atoms. The standard InChI is InChI=1S/C11H8BrN5O3/c12-7-5-6(9(18)19)1-2-8(7)15-11(20)16-10-13-3-4-14-17-10/h1-5H,(H,18,19)(H2,13,15,16,17,20). The highest BCUT2D eigenvalue weighted by Gasteiger charge is 2.10. The van der Waals surface area contributed by atoms with Crippen molar-refractivity contribution < 1.29 is 14.7 Å². The summed E-state index contributed by atoms with van der Waals surface area (Å²) in [4.78, 5) is 26.3.